The Morgan fingerprint density at radius 1 is 1.50 bits per heavy atom. The summed E-state index contributed by atoms with van der Waals surface area (Å²) in [6.45, 7) is 6.42. The van der Waals surface area contributed by atoms with Gasteiger partial charge in [-0.3, -0.25) is 4.79 Å². The van der Waals surface area contributed by atoms with Crippen molar-refractivity contribution in [3.63, 3.8) is 0 Å². The number of benzene rings is 1. The van der Waals surface area contributed by atoms with E-state index in [4.69, 9.17) is 16.3 Å². The van der Waals surface area contributed by atoms with Crippen LogP contribution < -0.4 is 10.1 Å². The number of rotatable bonds is 5. The van der Waals surface area contributed by atoms with E-state index in [0.29, 0.717) is 22.3 Å². The predicted molar refractivity (Wildman–Crippen MR) is 89.8 cm³/mol. The number of hydrogen-bond donors (Lipinski definition) is 1. The first-order valence-electron chi connectivity index (χ1n) is 7.91. The molecule has 5 heteroatoms. The highest BCUT2D eigenvalue weighted by molar-refractivity contribution is 6.31. The lowest BCUT2D eigenvalue weighted by molar-refractivity contribution is 0.0668. The summed E-state index contributed by atoms with van der Waals surface area (Å²) in [5.41, 5.74) is 0.561. The van der Waals surface area contributed by atoms with Gasteiger partial charge < -0.3 is 15.0 Å². The number of nitrogens with one attached hydrogen (secondary N) is 1. The largest absolute Gasteiger partial charge is 0.490 e. The fraction of sp³-hybridized carbons (Fsp3) is 0.588. The molecule has 0 aliphatic carbocycles. The van der Waals surface area contributed by atoms with E-state index in [0.717, 1.165) is 32.5 Å². The van der Waals surface area contributed by atoms with Crippen molar-refractivity contribution in [3.05, 3.63) is 28.8 Å². The highest BCUT2D eigenvalue weighted by atomic mass is 35.5. The summed E-state index contributed by atoms with van der Waals surface area (Å²) >= 11 is 6.08. The Hall–Kier alpha value is -1.26. The fourth-order valence-corrected chi connectivity index (χ4v) is 3.07. The first-order valence-corrected chi connectivity index (χ1v) is 8.29. The quantitative estimate of drug-likeness (QED) is 0.904. The molecule has 4 nitrogen and oxygen atoms in total. The van der Waals surface area contributed by atoms with Crippen LogP contribution in [0.5, 0.6) is 5.75 Å². The predicted octanol–water partition coefficient (Wildman–Crippen LogP) is 3.20. The molecule has 22 heavy (non-hydrogen) atoms. The second-order valence-corrected chi connectivity index (χ2v) is 6.56. The monoisotopic (exact) mass is 324 g/mol. The molecule has 0 spiro atoms. The van der Waals surface area contributed by atoms with Gasteiger partial charge in [0.05, 0.1) is 11.7 Å². The van der Waals surface area contributed by atoms with Gasteiger partial charge in [0.1, 0.15) is 5.75 Å². The number of ether oxygens (including phenoxy) is 1. The van der Waals surface area contributed by atoms with Gasteiger partial charge in [-0.15, -0.1) is 0 Å². The average molecular weight is 325 g/mol. The molecule has 0 saturated carbocycles. The molecule has 1 N–H and O–H groups in total. The molecular formula is C17H25ClN2O2. The van der Waals surface area contributed by atoms with Gasteiger partial charge in [0.25, 0.3) is 5.91 Å². The number of halogens is 1. The summed E-state index contributed by atoms with van der Waals surface area (Å²) in [6.07, 6.45) is 2.22. The van der Waals surface area contributed by atoms with Crippen LogP contribution in [0.1, 0.15) is 37.0 Å². The number of nitrogens with zero attached hydrogens (tertiary/aromatic N) is 1. The van der Waals surface area contributed by atoms with Crippen LogP contribution in [-0.4, -0.2) is 43.6 Å². The third kappa shape index (κ3) is 4.37. The smallest absolute Gasteiger partial charge is 0.257 e. The molecule has 2 rings (SSSR count). The van der Waals surface area contributed by atoms with Gasteiger partial charge in [0.15, 0.2) is 0 Å². The summed E-state index contributed by atoms with van der Waals surface area (Å²) in [7, 11) is 1.95. The van der Waals surface area contributed by atoms with Gasteiger partial charge in [-0.25, -0.2) is 0 Å². The van der Waals surface area contributed by atoms with Crippen molar-refractivity contribution >= 4 is 17.5 Å². The summed E-state index contributed by atoms with van der Waals surface area (Å²) < 4.78 is 5.77. The van der Waals surface area contributed by atoms with Gasteiger partial charge in [-0.1, -0.05) is 11.6 Å². The maximum atomic E-state index is 12.9. The lowest BCUT2D eigenvalue weighted by Gasteiger charge is -2.33. The molecule has 1 aromatic rings. The molecule has 0 aromatic heterocycles. The van der Waals surface area contributed by atoms with E-state index in [9.17, 15) is 4.79 Å². The first-order chi connectivity index (χ1) is 10.5. The summed E-state index contributed by atoms with van der Waals surface area (Å²) in [5, 5.41) is 3.76. The standard InChI is InChI=1S/C17H25ClN2O2/c1-12(2)22-16-7-6-14(18)9-15(16)17(21)20-8-4-5-13(11-20)10-19-3/h6-7,9,12-13,19H,4-5,8,10-11H2,1-3H3/t13-/m0/s1. The minimum Gasteiger partial charge on any atom is -0.490 e. The lowest BCUT2D eigenvalue weighted by Crippen LogP contribution is -2.42. The minimum atomic E-state index is 0.0129. The summed E-state index contributed by atoms with van der Waals surface area (Å²) in [4.78, 5) is 14.8. The number of hydrogen-bond acceptors (Lipinski definition) is 3. The Balaban J connectivity index is 2.19. The minimum absolute atomic E-state index is 0.0129. The number of likely N-dealkylation sites (tertiary alicyclic amines) is 1. The second-order valence-electron chi connectivity index (χ2n) is 6.12. The van der Waals surface area contributed by atoms with Gasteiger partial charge in [-0.05, 0) is 64.4 Å². The Morgan fingerprint density at radius 2 is 2.27 bits per heavy atom. The van der Waals surface area contributed by atoms with Crippen LogP contribution in [0.4, 0.5) is 0 Å². The molecule has 1 amide bonds. The molecule has 1 aliphatic heterocycles. The lowest BCUT2D eigenvalue weighted by atomic mass is 9.97. The summed E-state index contributed by atoms with van der Waals surface area (Å²) in [5.74, 6) is 1.13. The number of carbonyl (C=O) groups is 1. The van der Waals surface area contributed by atoms with Crippen LogP contribution in [-0.2, 0) is 0 Å². The molecule has 1 atom stereocenters. The van der Waals surface area contributed by atoms with Gasteiger partial charge in [0, 0.05) is 18.1 Å². The van der Waals surface area contributed by atoms with E-state index < -0.39 is 0 Å². The van der Waals surface area contributed by atoms with E-state index in [1.54, 1.807) is 18.2 Å². The van der Waals surface area contributed by atoms with Crippen molar-refractivity contribution in [2.75, 3.05) is 26.7 Å². The zero-order valence-corrected chi connectivity index (χ0v) is 14.3. The highest BCUT2D eigenvalue weighted by Crippen LogP contribution is 2.27. The molecule has 1 saturated heterocycles. The van der Waals surface area contributed by atoms with Crippen LogP contribution in [0.3, 0.4) is 0 Å². The Bertz CT molecular complexity index is 517. The van der Waals surface area contributed by atoms with E-state index in [2.05, 4.69) is 5.32 Å². The van der Waals surface area contributed by atoms with Gasteiger partial charge in [0.2, 0.25) is 0 Å². The van der Waals surface area contributed by atoms with Crippen LogP contribution in [0.25, 0.3) is 0 Å². The summed E-state index contributed by atoms with van der Waals surface area (Å²) in [6, 6.07) is 5.25. The molecule has 0 bridgehead atoms. The van der Waals surface area contributed by atoms with Crippen molar-refractivity contribution in [1.29, 1.82) is 0 Å². The molecule has 122 valence electrons. The van der Waals surface area contributed by atoms with Crippen LogP contribution in [0.15, 0.2) is 18.2 Å². The molecule has 1 aromatic carbocycles. The van der Waals surface area contributed by atoms with Gasteiger partial charge >= 0.3 is 0 Å². The topological polar surface area (TPSA) is 41.6 Å². The van der Waals surface area contributed by atoms with Crippen molar-refractivity contribution < 1.29 is 9.53 Å². The molecular weight excluding hydrogens is 300 g/mol. The van der Waals surface area contributed by atoms with Crippen LogP contribution in [0.2, 0.25) is 5.02 Å². The van der Waals surface area contributed by atoms with E-state index in [-0.39, 0.29) is 12.0 Å². The van der Waals surface area contributed by atoms with E-state index >= 15 is 0 Å². The SMILES string of the molecule is CNC[C@@H]1CCCN(C(=O)c2cc(Cl)ccc2OC(C)C)C1. The van der Waals surface area contributed by atoms with Crippen molar-refractivity contribution in [2.24, 2.45) is 5.92 Å². The van der Waals surface area contributed by atoms with Crippen molar-refractivity contribution in [2.45, 2.75) is 32.8 Å². The molecule has 0 radical (unpaired) electrons. The number of piperidine rings is 1. The third-order valence-corrected chi connectivity index (χ3v) is 4.07. The second kappa shape index (κ2) is 7.84. The zero-order chi connectivity index (χ0) is 16.1. The van der Waals surface area contributed by atoms with Gasteiger partial charge in [-0.2, -0.15) is 0 Å². The van der Waals surface area contributed by atoms with E-state index in [1.165, 1.54) is 0 Å². The van der Waals surface area contributed by atoms with Crippen LogP contribution >= 0.6 is 11.6 Å². The maximum Gasteiger partial charge on any atom is 0.257 e. The van der Waals surface area contributed by atoms with Crippen LogP contribution in [0, 0.1) is 5.92 Å². The Morgan fingerprint density at radius 3 is 2.95 bits per heavy atom. The zero-order valence-electron chi connectivity index (χ0n) is 13.6. The molecule has 1 heterocycles. The molecule has 0 unspecified atom stereocenters. The Kier molecular flexibility index (Phi) is 6.09. The normalized spacial score (nSPS) is 18.6. The maximum absolute atomic E-state index is 12.9. The molecule has 1 fully saturated rings. The van der Waals surface area contributed by atoms with Crippen molar-refractivity contribution in [3.8, 4) is 5.75 Å². The van der Waals surface area contributed by atoms with E-state index in [1.807, 2.05) is 25.8 Å². The Labute approximate surface area is 137 Å². The fourth-order valence-electron chi connectivity index (χ4n) is 2.90. The van der Waals surface area contributed by atoms with Crippen molar-refractivity contribution in [1.82, 2.24) is 10.2 Å². The number of amides is 1. The first kappa shape index (κ1) is 17.1. The third-order valence-electron chi connectivity index (χ3n) is 3.83. The molecule has 1 aliphatic rings. The number of carbonyl (C=O) groups excluding carboxylic acids is 1. The average Bonchev–Trinajstić information content (AvgIpc) is 2.48. The highest BCUT2D eigenvalue weighted by Gasteiger charge is 2.26.